The summed E-state index contributed by atoms with van der Waals surface area (Å²) in [5, 5.41) is 12.7. The highest BCUT2D eigenvalue weighted by molar-refractivity contribution is 6.07. The number of hydrogen-bond acceptors (Lipinski definition) is 5. The molecule has 0 saturated heterocycles. The van der Waals surface area contributed by atoms with Gasteiger partial charge in [0.05, 0.1) is 11.9 Å². The monoisotopic (exact) mass is 583 g/mol. The van der Waals surface area contributed by atoms with Gasteiger partial charge in [0, 0.05) is 25.2 Å². The molecular weight excluding hydrogens is 544 g/mol. The average molecular weight is 584 g/mol. The van der Waals surface area contributed by atoms with Gasteiger partial charge < -0.3 is 11.1 Å². The molecule has 2 unspecified atom stereocenters. The summed E-state index contributed by atoms with van der Waals surface area (Å²) in [4.78, 5) is 16.2. The number of amidine groups is 1. The molecule has 0 saturated carbocycles. The molecule has 0 heterocycles. The van der Waals surface area contributed by atoms with Gasteiger partial charge in [-0.05, 0) is 66.5 Å². The quantitative estimate of drug-likeness (QED) is 0.106. The van der Waals surface area contributed by atoms with Gasteiger partial charge in [-0.3, -0.25) is 9.98 Å². The summed E-state index contributed by atoms with van der Waals surface area (Å²) in [6, 6.07) is 13.2. The highest BCUT2D eigenvalue weighted by atomic mass is 19.2. The number of halogens is 2. The Balaban J connectivity index is 2.46. The third-order valence-corrected chi connectivity index (χ3v) is 6.74. The van der Waals surface area contributed by atoms with Crippen LogP contribution in [-0.2, 0) is 6.42 Å². The second kappa shape index (κ2) is 17.1. The van der Waals surface area contributed by atoms with Crippen LogP contribution < -0.4 is 11.1 Å². The fourth-order valence-electron chi connectivity index (χ4n) is 3.92. The van der Waals surface area contributed by atoms with Crippen molar-refractivity contribution in [1.82, 2.24) is 5.32 Å². The number of rotatable bonds is 14. The van der Waals surface area contributed by atoms with Gasteiger partial charge in [0.15, 0.2) is 17.3 Å². The predicted octanol–water partition coefficient (Wildman–Crippen LogP) is 7.27. The van der Waals surface area contributed by atoms with E-state index in [1.165, 1.54) is 18.6 Å². The van der Waals surface area contributed by atoms with E-state index in [4.69, 9.17) is 5.73 Å². The Labute approximate surface area is 253 Å². The number of benzene rings is 2. The van der Waals surface area contributed by atoms with Crippen molar-refractivity contribution in [3.8, 4) is 6.07 Å². The Bertz CT molecular complexity index is 1520. The van der Waals surface area contributed by atoms with Crippen LogP contribution in [0.5, 0.6) is 0 Å². The normalized spacial score (nSPS) is 14.8. The van der Waals surface area contributed by atoms with Crippen LogP contribution in [0.3, 0.4) is 0 Å². The summed E-state index contributed by atoms with van der Waals surface area (Å²) in [7, 11) is 1.63. The Morgan fingerprint density at radius 3 is 2.42 bits per heavy atom. The van der Waals surface area contributed by atoms with Gasteiger partial charge >= 0.3 is 0 Å². The van der Waals surface area contributed by atoms with Crippen LogP contribution in [0.2, 0.25) is 0 Å². The molecule has 0 spiro atoms. The Hall–Kier alpha value is -4.97. The maximum absolute atomic E-state index is 13.8. The number of allylic oxidation sites excluding steroid dienone is 5. The van der Waals surface area contributed by atoms with E-state index in [9.17, 15) is 14.0 Å². The molecule has 0 bridgehead atoms. The summed E-state index contributed by atoms with van der Waals surface area (Å²) in [5.74, 6) is -1.10. The van der Waals surface area contributed by atoms with Crippen LogP contribution in [0.25, 0.3) is 5.57 Å². The zero-order chi connectivity index (χ0) is 31.9. The van der Waals surface area contributed by atoms with E-state index in [0.717, 1.165) is 40.8 Å². The molecule has 2 aromatic carbocycles. The van der Waals surface area contributed by atoms with Crippen molar-refractivity contribution < 1.29 is 8.78 Å². The number of aliphatic imine (C=N–C) groups is 4. The summed E-state index contributed by atoms with van der Waals surface area (Å²) in [6.07, 6.45) is 8.21. The standard InChI is InChI=1S/C34H39F2N7/c1-8-22(2)9-15-30(23(3)34(38)41-21-40-7)27-12-10-26(11-13-27)17-33(43-29(19-37)20-39-6)25(5)42-24(4)28-14-16-31(35)32(36)18-28/h9-16,18,20-22,24,42H,5-6,8,17H2,1-4,7H3,(H2,38,40,41)/b15-9-,29-20-,30-23-,43-33?. The lowest BCUT2D eigenvalue weighted by Crippen LogP contribution is -2.24. The minimum absolute atomic E-state index is 0.0476. The lowest BCUT2D eigenvalue weighted by atomic mass is 9.95. The fourth-order valence-corrected chi connectivity index (χ4v) is 3.92. The molecule has 224 valence electrons. The smallest absolute Gasteiger partial charge is 0.159 e. The molecular formula is C34H39F2N7. The van der Waals surface area contributed by atoms with Gasteiger partial charge in [-0.1, -0.05) is 69.3 Å². The molecule has 2 atom stereocenters. The van der Waals surface area contributed by atoms with Crippen molar-refractivity contribution in [2.45, 2.75) is 46.6 Å². The average Bonchev–Trinajstić information content (AvgIpc) is 3.00. The zero-order valence-electron chi connectivity index (χ0n) is 25.4. The molecule has 2 aromatic rings. The molecule has 7 nitrogen and oxygen atoms in total. The highest BCUT2D eigenvalue weighted by Gasteiger charge is 2.15. The first kappa shape index (κ1) is 34.2. The summed E-state index contributed by atoms with van der Waals surface area (Å²) >= 11 is 0. The number of hydrogen-bond donors (Lipinski definition) is 2. The first-order valence-electron chi connectivity index (χ1n) is 13.8. The first-order valence-corrected chi connectivity index (χ1v) is 13.8. The van der Waals surface area contributed by atoms with Gasteiger partial charge in [-0.25, -0.2) is 18.8 Å². The van der Waals surface area contributed by atoms with E-state index in [1.54, 1.807) is 14.0 Å². The maximum atomic E-state index is 13.8. The Morgan fingerprint density at radius 2 is 1.84 bits per heavy atom. The van der Waals surface area contributed by atoms with E-state index in [2.05, 4.69) is 64.6 Å². The minimum atomic E-state index is -0.938. The van der Waals surface area contributed by atoms with Crippen LogP contribution in [0.15, 0.2) is 104 Å². The van der Waals surface area contributed by atoms with Gasteiger partial charge in [0.25, 0.3) is 0 Å². The molecule has 0 fully saturated rings. The van der Waals surface area contributed by atoms with Gasteiger partial charge in [0.2, 0.25) is 0 Å². The molecule has 0 aliphatic rings. The SMILES string of the molecule is C=N/C=C(/C#N)N=C(Cc1ccc(C(/C=C\C(C)CC)=C(/C)C(N)=NC=NC)cc1)C(=C)NC(C)c1ccc(F)c(F)c1. The van der Waals surface area contributed by atoms with Gasteiger partial charge in [-0.15, -0.1) is 0 Å². The number of nitrogens with zero attached hydrogens (tertiary/aromatic N) is 5. The third kappa shape index (κ3) is 10.4. The predicted molar refractivity (Wildman–Crippen MR) is 175 cm³/mol. The molecule has 43 heavy (non-hydrogen) atoms. The Morgan fingerprint density at radius 1 is 1.14 bits per heavy atom. The van der Waals surface area contributed by atoms with Crippen LogP contribution in [0.4, 0.5) is 8.78 Å². The lowest BCUT2D eigenvalue weighted by molar-refractivity contribution is 0.504. The van der Waals surface area contributed by atoms with E-state index in [1.807, 2.05) is 37.3 Å². The number of nitriles is 1. The molecule has 0 aliphatic carbocycles. The second-order valence-corrected chi connectivity index (χ2v) is 9.93. The fraction of sp³-hybridized carbons (Fsp3) is 0.265. The highest BCUT2D eigenvalue weighted by Crippen LogP contribution is 2.24. The Kier molecular flexibility index (Phi) is 13.6. The topological polar surface area (TPSA) is 111 Å². The van der Waals surface area contributed by atoms with Crippen LogP contribution in [0, 0.1) is 28.9 Å². The van der Waals surface area contributed by atoms with Crippen LogP contribution >= 0.6 is 0 Å². The van der Waals surface area contributed by atoms with E-state index < -0.39 is 17.7 Å². The first-order chi connectivity index (χ1) is 20.5. The number of nitrogens with one attached hydrogen (secondary N) is 1. The summed E-state index contributed by atoms with van der Waals surface area (Å²) in [6.45, 7) is 15.5. The van der Waals surface area contributed by atoms with E-state index in [0.29, 0.717) is 35.1 Å². The van der Waals surface area contributed by atoms with Crippen LogP contribution in [-0.4, -0.2) is 31.7 Å². The largest absolute Gasteiger partial charge is 0.383 e. The van der Waals surface area contributed by atoms with E-state index >= 15 is 0 Å². The summed E-state index contributed by atoms with van der Waals surface area (Å²) in [5.41, 5.74) is 11.3. The minimum Gasteiger partial charge on any atom is -0.383 e. The van der Waals surface area contributed by atoms with Crippen LogP contribution in [0.1, 0.15) is 56.8 Å². The van der Waals surface area contributed by atoms with Crippen molar-refractivity contribution in [2.75, 3.05) is 7.05 Å². The second-order valence-electron chi connectivity index (χ2n) is 9.93. The van der Waals surface area contributed by atoms with E-state index in [-0.39, 0.29) is 5.70 Å². The van der Waals surface area contributed by atoms with Crippen molar-refractivity contribution in [1.29, 1.82) is 5.26 Å². The molecule has 0 radical (unpaired) electrons. The lowest BCUT2D eigenvalue weighted by Gasteiger charge is -2.19. The van der Waals surface area contributed by atoms with Crippen molar-refractivity contribution in [3.05, 3.63) is 113 Å². The third-order valence-electron chi connectivity index (χ3n) is 6.74. The molecule has 0 amide bonds. The molecule has 0 aliphatic heterocycles. The van der Waals surface area contributed by atoms with Crippen molar-refractivity contribution in [2.24, 2.45) is 31.6 Å². The summed E-state index contributed by atoms with van der Waals surface area (Å²) < 4.78 is 27.3. The van der Waals surface area contributed by atoms with Crippen molar-refractivity contribution in [3.63, 3.8) is 0 Å². The molecule has 0 aromatic heterocycles. The number of nitrogens with two attached hydrogens (primary N) is 1. The molecule has 3 N–H and O–H groups in total. The van der Waals surface area contributed by atoms with Gasteiger partial charge in [-0.2, -0.15) is 5.26 Å². The molecule has 9 heteroatoms. The maximum Gasteiger partial charge on any atom is 0.159 e. The van der Waals surface area contributed by atoms with Crippen molar-refractivity contribution >= 4 is 30.2 Å². The zero-order valence-corrected chi connectivity index (χ0v) is 25.4. The van der Waals surface area contributed by atoms with Gasteiger partial charge in [0.1, 0.15) is 18.2 Å². The molecule has 2 rings (SSSR count).